The zero-order valence-corrected chi connectivity index (χ0v) is 17.9. The molecule has 1 fully saturated rings. The van der Waals surface area contributed by atoms with Crippen LogP contribution in [-0.4, -0.2) is 57.2 Å². The molecule has 1 amide bonds. The Labute approximate surface area is 158 Å². The lowest BCUT2D eigenvalue weighted by molar-refractivity contribution is -0.137. The zero-order chi connectivity index (χ0) is 20.0. The van der Waals surface area contributed by atoms with Crippen molar-refractivity contribution >= 4 is 20.4 Å². The van der Waals surface area contributed by atoms with Gasteiger partial charge in [-0.25, -0.2) is 9.59 Å². The normalized spacial score (nSPS) is 21.1. The third-order valence-corrected chi connectivity index (χ3v) is 9.41. The molecule has 1 aliphatic rings. The monoisotopic (exact) mass is 383 g/mol. The van der Waals surface area contributed by atoms with Gasteiger partial charge in [-0.3, -0.25) is 4.90 Å². The van der Waals surface area contributed by atoms with Crippen molar-refractivity contribution in [3.05, 3.63) is 24.8 Å². The first kappa shape index (κ1) is 22.4. The van der Waals surface area contributed by atoms with Gasteiger partial charge in [0.1, 0.15) is 6.61 Å². The van der Waals surface area contributed by atoms with Crippen LogP contribution in [-0.2, 0) is 18.7 Å². The number of hydrogen-bond donors (Lipinski definition) is 0. The summed E-state index contributed by atoms with van der Waals surface area (Å²) in [5, 5.41) is 0.0834. The molecular weight excluding hydrogens is 350 g/mol. The predicted molar refractivity (Wildman–Crippen MR) is 104 cm³/mol. The highest BCUT2D eigenvalue weighted by molar-refractivity contribution is 6.74. The second-order valence-electron chi connectivity index (χ2n) is 7.93. The number of rotatable bonds is 7. The molecule has 0 bridgehead atoms. The van der Waals surface area contributed by atoms with E-state index in [-0.39, 0.29) is 23.8 Å². The molecule has 0 aliphatic carbocycles. The maximum Gasteiger partial charge on any atom is 0.410 e. The van der Waals surface area contributed by atoms with E-state index in [9.17, 15) is 9.59 Å². The van der Waals surface area contributed by atoms with E-state index in [1.54, 1.807) is 17.9 Å². The largest absolute Gasteiger partial charge is 0.463 e. The van der Waals surface area contributed by atoms with Gasteiger partial charge in [0, 0.05) is 12.6 Å². The van der Waals surface area contributed by atoms with Crippen LogP contribution in [0.4, 0.5) is 4.79 Å². The number of nitrogens with zero attached hydrogens (tertiary/aromatic N) is 1. The van der Waals surface area contributed by atoms with E-state index in [1.807, 2.05) is 0 Å². The van der Waals surface area contributed by atoms with Crippen molar-refractivity contribution in [2.75, 3.05) is 19.8 Å². The van der Waals surface area contributed by atoms with Gasteiger partial charge in [0.15, 0.2) is 8.32 Å². The second-order valence-corrected chi connectivity index (χ2v) is 12.7. The minimum Gasteiger partial charge on any atom is -0.463 e. The van der Waals surface area contributed by atoms with Crippen molar-refractivity contribution in [3.63, 3.8) is 0 Å². The number of likely N-dealkylation sites (tertiary alicyclic amines) is 1. The van der Waals surface area contributed by atoms with Crippen LogP contribution in [0.1, 0.15) is 34.1 Å². The van der Waals surface area contributed by atoms with Crippen molar-refractivity contribution in [3.8, 4) is 0 Å². The Hall–Kier alpha value is -1.60. The van der Waals surface area contributed by atoms with E-state index in [1.165, 1.54) is 12.2 Å². The molecule has 0 aromatic rings. The lowest BCUT2D eigenvalue weighted by Crippen LogP contribution is -2.44. The smallest absolute Gasteiger partial charge is 0.410 e. The molecule has 2 atom stereocenters. The van der Waals surface area contributed by atoms with Crippen molar-refractivity contribution < 1.29 is 23.5 Å². The van der Waals surface area contributed by atoms with Crippen LogP contribution >= 0.6 is 0 Å². The van der Waals surface area contributed by atoms with E-state index < -0.39 is 20.4 Å². The molecule has 1 heterocycles. The lowest BCUT2D eigenvalue weighted by atomic mass is 10.2. The van der Waals surface area contributed by atoms with Crippen LogP contribution in [0.2, 0.25) is 18.1 Å². The predicted octanol–water partition coefficient (Wildman–Crippen LogP) is 3.89. The van der Waals surface area contributed by atoms with Crippen molar-refractivity contribution in [2.24, 2.45) is 0 Å². The zero-order valence-electron chi connectivity index (χ0n) is 16.9. The van der Waals surface area contributed by atoms with E-state index in [0.717, 1.165) is 0 Å². The van der Waals surface area contributed by atoms with Crippen LogP contribution in [0.3, 0.4) is 0 Å². The lowest BCUT2D eigenvalue weighted by Gasteiger charge is -2.38. The van der Waals surface area contributed by atoms with Gasteiger partial charge in [0.25, 0.3) is 0 Å². The van der Waals surface area contributed by atoms with Gasteiger partial charge in [-0.05, 0) is 31.5 Å². The molecule has 6 nitrogen and oxygen atoms in total. The third kappa shape index (κ3) is 6.28. The Kier molecular flexibility index (Phi) is 8.08. The molecule has 0 aromatic heterocycles. The topological polar surface area (TPSA) is 65.1 Å². The molecular formula is C19H33NO5Si. The SMILES string of the molecule is C=CCOC(=O)N1C[C@H](O[Si](C)(C)C(C)(C)C)C[C@H]1/C=C/C(=O)OCC. The van der Waals surface area contributed by atoms with Crippen LogP contribution in [0.15, 0.2) is 24.8 Å². The number of hydrogen-bond acceptors (Lipinski definition) is 5. The molecule has 0 unspecified atom stereocenters. The number of carbonyl (C=O) groups excluding carboxylic acids is 2. The Balaban J connectivity index is 2.88. The summed E-state index contributed by atoms with van der Waals surface area (Å²) in [4.78, 5) is 25.6. The van der Waals surface area contributed by atoms with Crippen LogP contribution in [0.5, 0.6) is 0 Å². The maximum absolute atomic E-state index is 12.4. The minimum atomic E-state index is -1.96. The number of ether oxygens (including phenoxy) is 2. The number of esters is 1. The fourth-order valence-corrected chi connectivity index (χ4v) is 3.85. The molecule has 1 aliphatic heterocycles. The number of carbonyl (C=O) groups is 2. The van der Waals surface area contributed by atoms with Gasteiger partial charge in [-0.15, -0.1) is 0 Å². The van der Waals surface area contributed by atoms with E-state index in [2.05, 4.69) is 40.4 Å². The Bertz CT molecular complexity index is 539. The summed E-state index contributed by atoms with van der Waals surface area (Å²) >= 11 is 0. The molecule has 0 N–H and O–H groups in total. The summed E-state index contributed by atoms with van der Waals surface area (Å²) in [5.41, 5.74) is 0. The summed E-state index contributed by atoms with van der Waals surface area (Å²) < 4.78 is 16.5. The Morgan fingerprint density at radius 1 is 1.27 bits per heavy atom. The highest BCUT2D eigenvalue weighted by Crippen LogP contribution is 2.39. The quantitative estimate of drug-likeness (QED) is 0.289. The molecule has 0 saturated carbocycles. The summed E-state index contributed by atoms with van der Waals surface area (Å²) in [6.07, 6.45) is 4.72. The van der Waals surface area contributed by atoms with Gasteiger partial charge in [-0.1, -0.05) is 39.5 Å². The molecule has 0 aromatic carbocycles. The van der Waals surface area contributed by atoms with Crippen LogP contribution in [0, 0.1) is 0 Å². The van der Waals surface area contributed by atoms with Gasteiger partial charge in [0.2, 0.25) is 0 Å². The first-order valence-corrected chi connectivity index (χ1v) is 12.0. The van der Waals surface area contributed by atoms with Crippen LogP contribution < -0.4 is 0 Å². The van der Waals surface area contributed by atoms with Gasteiger partial charge >= 0.3 is 12.1 Å². The summed E-state index contributed by atoms with van der Waals surface area (Å²) in [6, 6.07) is -0.258. The van der Waals surface area contributed by atoms with E-state index in [4.69, 9.17) is 13.9 Å². The van der Waals surface area contributed by atoms with E-state index in [0.29, 0.717) is 19.6 Å². The first-order valence-electron chi connectivity index (χ1n) is 9.09. The van der Waals surface area contributed by atoms with Crippen molar-refractivity contribution in [1.29, 1.82) is 0 Å². The highest BCUT2D eigenvalue weighted by atomic mass is 28.4. The van der Waals surface area contributed by atoms with Crippen molar-refractivity contribution in [2.45, 2.75) is 64.4 Å². The number of amides is 1. The fraction of sp³-hybridized carbons (Fsp3) is 0.684. The van der Waals surface area contributed by atoms with Gasteiger partial charge in [-0.2, -0.15) is 0 Å². The summed E-state index contributed by atoms with van der Waals surface area (Å²) in [6.45, 7) is 17.2. The van der Waals surface area contributed by atoms with Crippen LogP contribution in [0.25, 0.3) is 0 Å². The molecule has 1 rings (SSSR count). The average molecular weight is 384 g/mol. The Morgan fingerprint density at radius 2 is 1.92 bits per heavy atom. The summed E-state index contributed by atoms with van der Waals surface area (Å²) in [5.74, 6) is -0.416. The third-order valence-electron chi connectivity index (χ3n) is 4.87. The molecule has 26 heavy (non-hydrogen) atoms. The molecule has 1 saturated heterocycles. The second kappa shape index (κ2) is 9.37. The van der Waals surface area contributed by atoms with Crippen molar-refractivity contribution in [1.82, 2.24) is 4.90 Å². The summed E-state index contributed by atoms with van der Waals surface area (Å²) in [7, 11) is -1.96. The average Bonchev–Trinajstić information content (AvgIpc) is 2.92. The molecule has 148 valence electrons. The standard InChI is InChI=1S/C19H33NO5Si/c1-8-12-24-18(22)20-14-16(25-26(6,7)19(3,4)5)13-15(20)10-11-17(21)23-9-2/h8,10-11,15-16H,1,9,12-14H2,2-7H3/b11-10+/t15-,16-/m1/s1. The molecule has 0 spiro atoms. The minimum absolute atomic E-state index is 0.0796. The first-order chi connectivity index (χ1) is 12.0. The van der Waals surface area contributed by atoms with E-state index >= 15 is 0 Å². The fourth-order valence-electron chi connectivity index (χ4n) is 2.49. The van der Waals surface area contributed by atoms with Gasteiger partial charge < -0.3 is 13.9 Å². The Morgan fingerprint density at radius 3 is 2.46 bits per heavy atom. The maximum atomic E-state index is 12.4. The highest BCUT2D eigenvalue weighted by Gasteiger charge is 2.43. The molecule has 7 heteroatoms. The van der Waals surface area contributed by atoms with Gasteiger partial charge in [0.05, 0.1) is 18.8 Å². The molecule has 0 radical (unpaired) electrons.